The number of imidazole rings is 1. The van der Waals surface area contributed by atoms with E-state index in [9.17, 15) is 8.42 Å². The van der Waals surface area contributed by atoms with Crippen LogP contribution < -0.4 is 0 Å². The Morgan fingerprint density at radius 3 is 2.72 bits per heavy atom. The number of fused-ring (bicyclic) bond motifs is 1. The van der Waals surface area contributed by atoms with Crippen molar-refractivity contribution in [3.63, 3.8) is 0 Å². The van der Waals surface area contributed by atoms with Crippen molar-refractivity contribution in [2.75, 3.05) is 45.6 Å². The van der Waals surface area contributed by atoms with Gasteiger partial charge in [-0.25, -0.2) is 13.4 Å². The van der Waals surface area contributed by atoms with Gasteiger partial charge in [-0.05, 0) is 38.1 Å². The first kappa shape index (κ1) is 21.3. The Balaban J connectivity index is 1.49. The van der Waals surface area contributed by atoms with Crippen molar-refractivity contribution in [2.24, 2.45) is 5.92 Å². The zero-order valence-electron chi connectivity index (χ0n) is 17.8. The molecule has 2 saturated heterocycles. The number of piperazine rings is 1. The number of rotatable bonds is 8. The van der Waals surface area contributed by atoms with E-state index >= 15 is 0 Å². The number of hydrogen-bond acceptors (Lipinski definition) is 6. The molecule has 0 amide bonds. The van der Waals surface area contributed by atoms with E-state index in [1.165, 1.54) is 25.8 Å². The quantitative estimate of drug-likeness (QED) is 0.637. The van der Waals surface area contributed by atoms with E-state index in [4.69, 9.17) is 4.74 Å². The van der Waals surface area contributed by atoms with Gasteiger partial charge < -0.3 is 9.30 Å². The molecular formula is C21H36N4O3S. The second-order valence-corrected chi connectivity index (χ2v) is 11.0. The van der Waals surface area contributed by atoms with E-state index in [0.717, 1.165) is 57.6 Å². The predicted octanol–water partition coefficient (Wildman–Crippen LogP) is 2.16. The number of sulfone groups is 1. The normalized spacial score (nSPS) is 24.8. The number of methoxy groups -OCH3 is 1. The lowest BCUT2D eigenvalue weighted by Gasteiger charge is -2.37. The van der Waals surface area contributed by atoms with Gasteiger partial charge in [-0.3, -0.25) is 9.80 Å². The van der Waals surface area contributed by atoms with Crippen LogP contribution in [0.1, 0.15) is 50.6 Å². The number of ether oxygens (including phenoxy) is 1. The van der Waals surface area contributed by atoms with Crippen molar-refractivity contribution in [1.29, 1.82) is 0 Å². The van der Waals surface area contributed by atoms with Gasteiger partial charge in [0.2, 0.25) is 15.0 Å². The molecule has 1 aromatic heterocycles. The van der Waals surface area contributed by atoms with Gasteiger partial charge >= 0.3 is 0 Å². The minimum atomic E-state index is -3.39. The molecule has 0 spiro atoms. The summed E-state index contributed by atoms with van der Waals surface area (Å²) in [6, 6.07) is 0.661. The molecule has 0 aromatic carbocycles. The zero-order valence-corrected chi connectivity index (χ0v) is 18.6. The first-order chi connectivity index (χ1) is 14.1. The van der Waals surface area contributed by atoms with Crippen LogP contribution in [0.2, 0.25) is 0 Å². The lowest BCUT2D eigenvalue weighted by atomic mass is 9.91. The van der Waals surface area contributed by atoms with E-state index in [1.807, 2.05) is 4.57 Å². The SMILES string of the molecule is COCCn1c(CN2CCN3CCC[C@@H]3C2)cnc1S(=O)(=O)CC1CCCCC1. The fourth-order valence-electron chi connectivity index (χ4n) is 5.35. The summed E-state index contributed by atoms with van der Waals surface area (Å²) in [6.07, 6.45) is 9.94. The van der Waals surface area contributed by atoms with Crippen molar-refractivity contribution < 1.29 is 13.2 Å². The zero-order chi connectivity index (χ0) is 20.3. The fourth-order valence-corrected chi connectivity index (χ4v) is 7.22. The van der Waals surface area contributed by atoms with Crippen LogP contribution in [-0.2, 0) is 27.7 Å². The third kappa shape index (κ3) is 5.03. The second-order valence-electron chi connectivity index (χ2n) is 9.03. The molecule has 3 fully saturated rings. The Kier molecular flexibility index (Phi) is 6.94. The maximum atomic E-state index is 13.2. The Morgan fingerprint density at radius 1 is 1.10 bits per heavy atom. The molecule has 8 heteroatoms. The maximum absolute atomic E-state index is 13.2. The molecule has 0 radical (unpaired) electrons. The number of aromatic nitrogens is 2. The first-order valence-electron chi connectivity index (χ1n) is 11.3. The largest absolute Gasteiger partial charge is 0.383 e. The maximum Gasteiger partial charge on any atom is 0.227 e. The molecule has 29 heavy (non-hydrogen) atoms. The van der Waals surface area contributed by atoms with Gasteiger partial charge in [0, 0.05) is 45.9 Å². The lowest BCUT2D eigenvalue weighted by molar-refractivity contribution is 0.0967. The monoisotopic (exact) mass is 424 g/mol. The Bertz CT molecular complexity index is 773. The summed E-state index contributed by atoms with van der Waals surface area (Å²) < 4.78 is 33.6. The number of nitrogens with zero attached hydrogens (tertiary/aromatic N) is 4. The molecule has 1 atom stereocenters. The minimum absolute atomic E-state index is 0.233. The fraction of sp³-hybridized carbons (Fsp3) is 0.857. The highest BCUT2D eigenvalue weighted by molar-refractivity contribution is 7.91. The van der Waals surface area contributed by atoms with Gasteiger partial charge in [0.15, 0.2) is 0 Å². The standard InChI is InChI=1S/C21H36N4O3S/c1-28-13-12-25-20(16-23-10-11-24-9-5-8-19(24)15-23)14-22-21(25)29(26,27)17-18-6-3-2-4-7-18/h14,18-19H,2-13,15-17H2,1H3/t19-/m1/s1. The predicted molar refractivity (Wildman–Crippen MR) is 113 cm³/mol. The molecule has 4 rings (SSSR count). The Labute approximate surface area is 175 Å². The second kappa shape index (κ2) is 9.45. The van der Waals surface area contributed by atoms with Crippen LogP contribution in [0.15, 0.2) is 11.4 Å². The molecule has 0 unspecified atom stereocenters. The van der Waals surface area contributed by atoms with Crippen molar-refractivity contribution in [2.45, 2.75) is 69.2 Å². The van der Waals surface area contributed by atoms with Crippen LogP contribution in [0, 0.1) is 5.92 Å². The lowest BCUT2D eigenvalue weighted by Crippen LogP contribution is -2.49. The van der Waals surface area contributed by atoms with Gasteiger partial charge in [-0.1, -0.05) is 19.3 Å². The van der Waals surface area contributed by atoms with E-state index in [0.29, 0.717) is 19.2 Å². The molecule has 3 aliphatic rings. The van der Waals surface area contributed by atoms with Crippen LogP contribution >= 0.6 is 0 Å². The smallest absolute Gasteiger partial charge is 0.227 e. The van der Waals surface area contributed by atoms with Crippen LogP contribution in [0.3, 0.4) is 0 Å². The first-order valence-corrected chi connectivity index (χ1v) is 12.9. The third-order valence-electron chi connectivity index (χ3n) is 6.94. The molecule has 1 aromatic rings. The van der Waals surface area contributed by atoms with E-state index in [1.54, 1.807) is 13.3 Å². The van der Waals surface area contributed by atoms with Crippen molar-refractivity contribution in [3.8, 4) is 0 Å². The summed E-state index contributed by atoms with van der Waals surface area (Å²) in [5.41, 5.74) is 0.996. The van der Waals surface area contributed by atoms with E-state index in [-0.39, 0.29) is 16.8 Å². The molecule has 164 valence electrons. The molecule has 0 bridgehead atoms. The van der Waals surface area contributed by atoms with Gasteiger partial charge in [0.05, 0.1) is 24.3 Å². The molecule has 1 saturated carbocycles. The van der Waals surface area contributed by atoms with Gasteiger partial charge in [-0.15, -0.1) is 0 Å². The topological polar surface area (TPSA) is 67.7 Å². The third-order valence-corrected chi connectivity index (χ3v) is 8.73. The number of hydrogen-bond donors (Lipinski definition) is 0. The molecular weight excluding hydrogens is 388 g/mol. The highest BCUT2D eigenvalue weighted by Crippen LogP contribution is 2.28. The average Bonchev–Trinajstić information content (AvgIpc) is 3.33. The van der Waals surface area contributed by atoms with Crippen LogP contribution in [0.5, 0.6) is 0 Å². The van der Waals surface area contributed by atoms with Crippen molar-refractivity contribution in [3.05, 3.63) is 11.9 Å². The highest BCUT2D eigenvalue weighted by atomic mass is 32.2. The molecule has 3 heterocycles. The summed E-state index contributed by atoms with van der Waals surface area (Å²) in [4.78, 5) is 9.48. The summed E-state index contributed by atoms with van der Waals surface area (Å²) in [5, 5.41) is 0.245. The molecule has 0 N–H and O–H groups in total. The van der Waals surface area contributed by atoms with Crippen molar-refractivity contribution >= 4 is 9.84 Å². The summed E-state index contributed by atoms with van der Waals surface area (Å²) in [5.74, 6) is 0.511. The molecule has 2 aliphatic heterocycles. The molecule has 7 nitrogen and oxygen atoms in total. The Morgan fingerprint density at radius 2 is 1.93 bits per heavy atom. The van der Waals surface area contributed by atoms with Crippen LogP contribution in [0.4, 0.5) is 0 Å². The Hall–Kier alpha value is -0.960. The van der Waals surface area contributed by atoms with E-state index < -0.39 is 9.84 Å². The van der Waals surface area contributed by atoms with Gasteiger partial charge in [0.25, 0.3) is 0 Å². The average molecular weight is 425 g/mol. The summed E-state index contributed by atoms with van der Waals surface area (Å²) >= 11 is 0. The van der Waals surface area contributed by atoms with Gasteiger partial charge in [-0.2, -0.15) is 0 Å². The summed E-state index contributed by atoms with van der Waals surface area (Å²) in [7, 11) is -1.73. The van der Waals surface area contributed by atoms with Gasteiger partial charge in [0.1, 0.15) is 0 Å². The van der Waals surface area contributed by atoms with Crippen LogP contribution in [0.25, 0.3) is 0 Å². The molecule has 1 aliphatic carbocycles. The minimum Gasteiger partial charge on any atom is -0.383 e. The van der Waals surface area contributed by atoms with Crippen LogP contribution in [-0.4, -0.2) is 79.5 Å². The van der Waals surface area contributed by atoms with E-state index in [2.05, 4.69) is 14.8 Å². The highest BCUT2D eigenvalue weighted by Gasteiger charge is 2.32. The van der Waals surface area contributed by atoms with Crippen molar-refractivity contribution in [1.82, 2.24) is 19.4 Å². The summed E-state index contributed by atoms with van der Waals surface area (Å²) in [6.45, 7) is 6.24.